The zero-order chi connectivity index (χ0) is 20.8. The van der Waals surface area contributed by atoms with E-state index in [1.165, 1.54) is 12.5 Å². The number of fused-ring (bicyclic) bond motifs is 1. The number of H-pyrrole nitrogens is 2. The van der Waals surface area contributed by atoms with Crippen LogP contribution in [0.5, 0.6) is 0 Å². The summed E-state index contributed by atoms with van der Waals surface area (Å²) in [6, 6.07) is 12.5. The van der Waals surface area contributed by atoms with Gasteiger partial charge in [0, 0.05) is 5.69 Å². The van der Waals surface area contributed by atoms with Gasteiger partial charge in [0.15, 0.2) is 5.70 Å². The molecule has 0 aliphatic carbocycles. The average Bonchev–Trinajstić information content (AvgIpc) is 3.06. The number of aromatic nitrogens is 2. The molecular formula is C21H23N5O3. The topological polar surface area (TPSA) is 123 Å². The molecule has 29 heavy (non-hydrogen) atoms. The molecule has 0 saturated heterocycles. The van der Waals surface area contributed by atoms with Crippen molar-refractivity contribution >= 4 is 28.3 Å². The van der Waals surface area contributed by atoms with Crippen LogP contribution in [0.1, 0.15) is 32.3 Å². The second kappa shape index (κ2) is 9.01. The number of carbonyl (C=O) groups excluding carboxylic acids is 1. The van der Waals surface area contributed by atoms with Gasteiger partial charge in [-0.3, -0.25) is 4.79 Å². The summed E-state index contributed by atoms with van der Waals surface area (Å²) < 4.78 is 0. The first kappa shape index (κ1) is 20.1. The zero-order valence-corrected chi connectivity index (χ0v) is 16.3. The van der Waals surface area contributed by atoms with Crippen molar-refractivity contribution in [1.82, 2.24) is 9.97 Å². The monoisotopic (exact) mass is 393 g/mol. The van der Waals surface area contributed by atoms with Crippen molar-refractivity contribution in [2.24, 2.45) is 10.2 Å². The third kappa shape index (κ3) is 5.19. The van der Waals surface area contributed by atoms with Gasteiger partial charge >= 0.3 is 5.69 Å². The van der Waals surface area contributed by atoms with Crippen molar-refractivity contribution in [3.63, 3.8) is 0 Å². The molecule has 3 rings (SSSR count). The number of aryl methyl sites for hydroxylation is 1. The Labute approximate surface area is 167 Å². The first-order valence-electron chi connectivity index (χ1n) is 9.40. The Hall–Kier alpha value is -3.68. The number of benzene rings is 2. The molecule has 0 aliphatic heterocycles. The fourth-order valence-corrected chi connectivity index (χ4v) is 2.80. The maximum atomic E-state index is 12.5. The van der Waals surface area contributed by atoms with E-state index in [1.807, 2.05) is 24.3 Å². The highest BCUT2D eigenvalue weighted by Gasteiger charge is 2.14. The number of aromatic amines is 2. The Morgan fingerprint density at radius 2 is 1.83 bits per heavy atom. The number of amides is 1. The van der Waals surface area contributed by atoms with Gasteiger partial charge in [0.1, 0.15) is 5.76 Å². The molecule has 0 unspecified atom stereocenters. The number of carbonyl (C=O) groups is 1. The lowest BCUT2D eigenvalue weighted by atomic mass is 10.1. The predicted molar refractivity (Wildman–Crippen MR) is 112 cm³/mol. The van der Waals surface area contributed by atoms with E-state index in [-0.39, 0.29) is 17.1 Å². The van der Waals surface area contributed by atoms with Crippen molar-refractivity contribution in [2.75, 3.05) is 5.32 Å². The van der Waals surface area contributed by atoms with Crippen molar-refractivity contribution in [3.8, 4) is 0 Å². The molecule has 1 amide bonds. The number of anilines is 1. The summed E-state index contributed by atoms with van der Waals surface area (Å²) in [6.45, 7) is 3.52. The van der Waals surface area contributed by atoms with Crippen LogP contribution >= 0.6 is 0 Å². The van der Waals surface area contributed by atoms with E-state index in [0.717, 1.165) is 19.3 Å². The van der Waals surface area contributed by atoms with E-state index in [1.54, 1.807) is 18.2 Å². The molecule has 0 radical (unpaired) electrons. The zero-order valence-electron chi connectivity index (χ0n) is 16.3. The van der Waals surface area contributed by atoms with E-state index >= 15 is 0 Å². The third-order valence-corrected chi connectivity index (χ3v) is 4.35. The first-order chi connectivity index (χ1) is 14.0. The van der Waals surface area contributed by atoms with Gasteiger partial charge in [-0.2, -0.15) is 5.11 Å². The van der Waals surface area contributed by atoms with E-state index in [4.69, 9.17) is 0 Å². The number of aliphatic hydroxyl groups is 1. The Bertz CT molecular complexity index is 1120. The number of azo groups is 1. The van der Waals surface area contributed by atoms with Gasteiger partial charge in [-0.1, -0.05) is 25.5 Å². The molecule has 8 heteroatoms. The molecule has 1 aromatic heterocycles. The van der Waals surface area contributed by atoms with Crippen LogP contribution in [0.15, 0.2) is 68.9 Å². The van der Waals surface area contributed by atoms with Gasteiger partial charge in [0.2, 0.25) is 0 Å². The van der Waals surface area contributed by atoms with Gasteiger partial charge in [-0.25, -0.2) is 4.79 Å². The lowest BCUT2D eigenvalue weighted by Crippen LogP contribution is -2.14. The predicted octanol–water partition coefficient (Wildman–Crippen LogP) is 4.71. The summed E-state index contributed by atoms with van der Waals surface area (Å²) in [5, 5.41) is 20.5. The van der Waals surface area contributed by atoms with Crippen LogP contribution in [0.2, 0.25) is 0 Å². The Kier molecular flexibility index (Phi) is 6.23. The highest BCUT2D eigenvalue weighted by atomic mass is 16.3. The standard InChI is InChI=1S/C21H23N5O3/c1-3-4-5-14-6-8-15(9-7-14)25-26-19(13(2)27)20(28)22-16-10-11-17-18(12-16)24-21(29)23-17/h6-12,27H,3-5H2,1-2H3,(H,22,28)(H2,23,24,29). The van der Waals surface area contributed by atoms with Crippen LogP contribution in [-0.2, 0) is 11.2 Å². The second-order valence-electron chi connectivity index (χ2n) is 6.70. The Morgan fingerprint density at radius 3 is 2.52 bits per heavy atom. The van der Waals surface area contributed by atoms with Gasteiger partial charge in [-0.05, 0) is 55.7 Å². The SMILES string of the molecule is CCCCc1ccc(N=NC(C(=O)Nc2ccc3[nH]c(=O)[nH]c3c2)=C(C)O)cc1. The number of allylic oxidation sites excluding steroid dienone is 1. The van der Waals surface area contributed by atoms with Crippen molar-refractivity contribution in [1.29, 1.82) is 0 Å². The molecule has 1 heterocycles. The lowest BCUT2D eigenvalue weighted by molar-refractivity contribution is -0.113. The number of nitrogens with zero attached hydrogens (tertiary/aromatic N) is 2. The summed E-state index contributed by atoms with van der Waals surface area (Å²) >= 11 is 0. The smallest absolute Gasteiger partial charge is 0.323 e. The molecule has 0 atom stereocenters. The summed E-state index contributed by atoms with van der Waals surface area (Å²) in [7, 11) is 0. The van der Waals surface area contributed by atoms with Gasteiger partial charge in [0.05, 0.1) is 16.7 Å². The van der Waals surface area contributed by atoms with E-state index in [0.29, 0.717) is 22.4 Å². The molecule has 4 N–H and O–H groups in total. The molecule has 0 saturated carbocycles. The molecule has 0 fully saturated rings. The number of rotatable bonds is 7. The molecule has 2 aromatic carbocycles. The molecule has 3 aromatic rings. The fraction of sp³-hybridized carbons (Fsp3) is 0.238. The van der Waals surface area contributed by atoms with Crippen LogP contribution in [0.3, 0.4) is 0 Å². The minimum absolute atomic E-state index is 0.192. The highest BCUT2D eigenvalue weighted by molar-refractivity contribution is 6.04. The molecule has 0 aliphatic rings. The number of aliphatic hydroxyl groups excluding tert-OH is 1. The summed E-state index contributed by atoms with van der Waals surface area (Å²) in [4.78, 5) is 29.1. The van der Waals surface area contributed by atoms with Crippen LogP contribution in [0, 0.1) is 0 Å². The van der Waals surface area contributed by atoms with Crippen LogP contribution in [-0.4, -0.2) is 21.0 Å². The molecule has 0 spiro atoms. The Balaban J connectivity index is 1.73. The summed E-state index contributed by atoms with van der Waals surface area (Å²) in [5.41, 5.74) is 2.92. The van der Waals surface area contributed by atoms with Crippen LogP contribution in [0.4, 0.5) is 11.4 Å². The molecule has 150 valence electrons. The molecule has 8 nitrogen and oxygen atoms in total. The molecular weight excluding hydrogens is 370 g/mol. The van der Waals surface area contributed by atoms with E-state index < -0.39 is 5.91 Å². The number of hydrogen-bond donors (Lipinski definition) is 4. The maximum Gasteiger partial charge on any atom is 0.323 e. The number of imidazole rings is 1. The quantitative estimate of drug-likeness (QED) is 0.264. The minimum Gasteiger partial charge on any atom is -0.510 e. The maximum absolute atomic E-state index is 12.5. The average molecular weight is 393 g/mol. The van der Waals surface area contributed by atoms with Crippen molar-refractivity contribution < 1.29 is 9.90 Å². The third-order valence-electron chi connectivity index (χ3n) is 4.35. The van der Waals surface area contributed by atoms with Crippen molar-refractivity contribution in [3.05, 3.63) is 70.0 Å². The van der Waals surface area contributed by atoms with Gasteiger partial charge in [0.25, 0.3) is 5.91 Å². The summed E-state index contributed by atoms with van der Waals surface area (Å²) in [6.07, 6.45) is 3.27. The van der Waals surface area contributed by atoms with Gasteiger partial charge in [-0.15, -0.1) is 5.11 Å². The van der Waals surface area contributed by atoms with Crippen molar-refractivity contribution in [2.45, 2.75) is 33.1 Å². The molecule has 0 bridgehead atoms. The van der Waals surface area contributed by atoms with E-state index in [2.05, 4.69) is 32.4 Å². The van der Waals surface area contributed by atoms with Gasteiger partial charge < -0.3 is 20.4 Å². The van der Waals surface area contributed by atoms with Crippen LogP contribution < -0.4 is 11.0 Å². The van der Waals surface area contributed by atoms with E-state index in [9.17, 15) is 14.7 Å². The fourth-order valence-electron chi connectivity index (χ4n) is 2.80. The number of hydrogen-bond acceptors (Lipinski definition) is 5. The number of nitrogens with one attached hydrogen (secondary N) is 3. The lowest BCUT2D eigenvalue weighted by Gasteiger charge is -2.06. The summed E-state index contributed by atoms with van der Waals surface area (Å²) in [5.74, 6) is -0.854. The normalized spacial score (nSPS) is 12.3. The highest BCUT2D eigenvalue weighted by Crippen LogP contribution is 2.19. The Morgan fingerprint density at radius 1 is 1.10 bits per heavy atom. The second-order valence-corrected chi connectivity index (χ2v) is 6.70. The van der Waals surface area contributed by atoms with Crippen LogP contribution in [0.25, 0.3) is 11.0 Å². The largest absolute Gasteiger partial charge is 0.510 e. The number of unbranched alkanes of at least 4 members (excludes halogenated alkanes) is 1. The first-order valence-corrected chi connectivity index (χ1v) is 9.40. The minimum atomic E-state index is -0.606.